The minimum Gasteiger partial charge on any atom is -0.396 e. The highest BCUT2D eigenvalue weighted by atomic mass is 16.1. The van der Waals surface area contributed by atoms with Crippen LogP contribution < -0.4 is 11.3 Å². The Morgan fingerprint density at radius 3 is 2.14 bits per heavy atom. The molecule has 0 saturated heterocycles. The molecule has 3 rings (SSSR count). The third-order valence-electron chi connectivity index (χ3n) is 4.09. The first-order chi connectivity index (χ1) is 14.1. The van der Waals surface area contributed by atoms with Gasteiger partial charge in [-0.05, 0) is 12.1 Å². The summed E-state index contributed by atoms with van der Waals surface area (Å²) in [6.45, 7) is 0. The first kappa shape index (κ1) is 19.2. The van der Waals surface area contributed by atoms with Gasteiger partial charge in [-0.3, -0.25) is 9.59 Å². The second-order valence-corrected chi connectivity index (χ2v) is 5.93. The van der Waals surface area contributed by atoms with Crippen LogP contribution in [-0.2, 0) is 0 Å². The van der Waals surface area contributed by atoms with Crippen molar-refractivity contribution < 1.29 is 4.79 Å². The van der Waals surface area contributed by atoms with E-state index in [2.05, 4.69) is 15.2 Å². The molecular weight excluding hydrogens is 368 g/mol. The van der Waals surface area contributed by atoms with E-state index in [0.29, 0.717) is 5.69 Å². The molecule has 2 aromatic carbocycles. The third-order valence-corrected chi connectivity index (χ3v) is 4.09. The number of anilines is 1. The Morgan fingerprint density at radius 2 is 1.55 bits per heavy atom. The molecular formula is C21H14N6O2. The van der Waals surface area contributed by atoms with Gasteiger partial charge in [0.1, 0.15) is 11.3 Å². The number of benzene rings is 2. The quantitative estimate of drug-likeness (QED) is 0.509. The number of nitrogens with one attached hydrogen (secondary N) is 1. The molecule has 0 aliphatic heterocycles. The molecule has 0 spiro atoms. The van der Waals surface area contributed by atoms with Gasteiger partial charge in [0.2, 0.25) is 5.78 Å². The summed E-state index contributed by atoms with van der Waals surface area (Å²) in [6.07, 6.45) is 0. The van der Waals surface area contributed by atoms with E-state index in [4.69, 9.17) is 5.73 Å². The molecule has 1 heterocycles. The van der Waals surface area contributed by atoms with E-state index in [-0.39, 0.29) is 28.2 Å². The van der Waals surface area contributed by atoms with Gasteiger partial charge in [0, 0.05) is 5.56 Å². The van der Waals surface area contributed by atoms with E-state index >= 15 is 0 Å². The van der Waals surface area contributed by atoms with Gasteiger partial charge in [0.05, 0.1) is 29.2 Å². The number of H-pyrrole nitrogens is 1. The van der Waals surface area contributed by atoms with Crippen LogP contribution in [0.1, 0.15) is 27.5 Å². The predicted molar refractivity (Wildman–Crippen MR) is 106 cm³/mol. The lowest BCUT2D eigenvalue weighted by Gasteiger charge is -2.11. The lowest BCUT2D eigenvalue weighted by molar-refractivity contribution is 0.103. The van der Waals surface area contributed by atoms with Gasteiger partial charge >= 0.3 is 0 Å². The van der Waals surface area contributed by atoms with Crippen LogP contribution in [0.3, 0.4) is 0 Å². The maximum atomic E-state index is 12.8. The van der Waals surface area contributed by atoms with Gasteiger partial charge < -0.3 is 10.7 Å². The van der Waals surface area contributed by atoms with E-state index in [1.165, 1.54) is 0 Å². The average molecular weight is 382 g/mol. The van der Waals surface area contributed by atoms with Crippen LogP contribution in [-0.4, -0.2) is 10.8 Å². The molecule has 140 valence electrons. The van der Waals surface area contributed by atoms with Crippen LogP contribution in [0.2, 0.25) is 0 Å². The monoisotopic (exact) mass is 382 g/mol. The summed E-state index contributed by atoms with van der Waals surface area (Å²) in [4.78, 5) is 27.8. The van der Waals surface area contributed by atoms with Crippen LogP contribution in [0.25, 0.3) is 0 Å². The highest BCUT2D eigenvalue weighted by molar-refractivity contribution is 6.13. The number of nitriles is 2. The molecule has 8 heteroatoms. The zero-order chi connectivity index (χ0) is 20.8. The van der Waals surface area contributed by atoms with Gasteiger partial charge in [-0.1, -0.05) is 48.5 Å². The molecule has 3 N–H and O–H groups in total. The molecule has 0 atom stereocenters. The number of ketones is 1. The highest BCUT2D eigenvalue weighted by Crippen LogP contribution is 2.33. The molecule has 0 amide bonds. The van der Waals surface area contributed by atoms with Crippen molar-refractivity contribution in [1.29, 1.82) is 10.5 Å². The van der Waals surface area contributed by atoms with Gasteiger partial charge in [0.15, 0.2) is 5.92 Å². The van der Waals surface area contributed by atoms with Crippen LogP contribution in [0, 0.1) is 22.7 Å². The van der Waals surface area contributed by atoms with Crippen LogP contribution in [0.4, 0.5) is 17.1 Å². The fraction of sp³-hybridized carbons (Fsp3) is 0.0476. The standard InChI is InChI=1S/C21H14N6O2/c22-11-14(12-23)18-19(27-26-15-9-5-2-6-10-15)17(24)16(21(29)25-18)20(28)13-7-3-1-4-8-13/h1-10,14H,(H3,24,25,29). The zero-order valence-corrected chi connectivity index (χ0v) is 15.0. The van der Waals surface area contributed by atoms with Crippen molar-refractivity contribution in [3.05, 3.63) is 87.8 Å². The van der Waals surface area contributed by atoms with Gasteiger partial charge in [-0.15, -0.1) is 5.11 Å². The number of hydrogen-bond donors (Lipinski definition) is 2. The molecule has 0 fully saturated rings. The number of pyridine rings is 1. The van der Waals surface area contributed by atoms with Crippen LogP contribution in [0.15, 0.2) is 75.7 Å². The SMILES string of the molecule is N#CC(C#N)c1[nH]c(=O)c(C(=O)c2ccccc2)c(N)c1N=Nc1ccccc1. The summed E-state index contributed by atoms with van der Waals surface area (Å²) < 4.78 is 0. The molecule has 0 saturated carbocycles. The maximum absolute atomic E-state index is 12.8. The molecule has 1 aromatic heterocycles. The number of nitrogens with two attached hydrogens (primary N) is 1. The van der Waals surface area contributed by atoms with Crippen molar-refractivity contribution in [3.8, 4) is 12.1 Å². The van der Waals surface area contributed by atoms with E-state index in [9.17, 15) is 20.1 Å². The van der Waals surface area contributed by atoms with E-state index in [1.807, 2.05) is 0 Å². The predicted octanol–water partition coefficient (Wildman–Crippen LogP) is 3.73. The normalized spacial score (nSPS) is 10.6. The molecule has 0 radical (unpaired) electrons. The zero-order valence-electron chi connectivity index (χ0n) is 15.0. The molecule has 29 heavy (non-hydrogen) atoms. The highest BCUT2D eigenvalue weighted by Gasteiger charge is 2.26. The number of hydrogen-bond acceptors (Lipinski definition) is 7. The number of azo groups is 1. The maximum Gasteiger partial charge on any atom is 0.261 e. The summed E-state index contributed by atoms with van der Waals surface area (Å²) in [5.74, 6) is -1.94. The second kappa shape index (κ2) is 8.42. The number of carbonyl (C=O) groups is 1. The number of aromatic nitrogens is 1. The Labute approximate surface area is 165 Å². The molecule has 3 aromatic rings. The number of carbonyl (C=O) groups excluding carboxylic acids is 1. The van der Waals surface area contributed by atoms with Gasteiger partial charge in [-0.2, -0.15) is 15.6 Å². The summed E-state index contributed by atoms with van der Waals surface area (Å²) in [5, 5.41) is 26.6. The number of nitrogen functional groups attached to an aromatic ring is 1. The van der Waals surface area contributed by atoms with Gasteiger partial charge in [0.25, 0.3) is 5.56 Å². The van der Waals surface area contributed by atoms with E-state index < -0.39 is 17.3 Å². The van der Waals surface area contributed by atoms with Crippen molar-refractivity contribution in [2.24, 2.45) is 10.2 Å². The summed E-state index contributed by atoms with van der Waals surface area (Å²) in [7, 11) is 0. The molecule has 0 unspecified atom stereocenters. The average Bonchev–Trinajstić information content (AvgIpc) is 2.75. The van der Waals surface area contributed by atoms with Crippen molar-refractivity contribution >= 4 is 22.8 Å². The van der Waals surface area contributed by atoms with Crippen molar-refractivity contribution in [2.45, 2.75) is 5.92 Å². The minimum atomic E-state index is -1.34. The fourth-order valence-electron chi connectivity index (χ4n) is 2.67. The molecule has 0 aliphatic carbocycles. The van der Waals surface area contributed by atoms with Crippen LogP contribution in [0.5, 0.6) is 0 Å². The van der Waals surface area contributed by atoms with Crippen LogP contribution >= 0.6 is 0 Å². The summed E-state index contributed by atoms with van der Waals surface area (Å²) >= 11 is 0. The molecule has 8 nitrogen and oxygen atoms in total. The lowest BCUT2D eigenvalue weighted by Crippen LogP contribution is -2.23. The number of rotatable bonds is 5. The Kier molecular flexibility index (Phi) is 5.58. The summed E-state index contributed by atoms with van der Waals surface area (Å²) in [6, 6.07) is 20.4. The topological polar surface area (TPSA) is 148 Å². The lowest BCUT2D eigenvalue weighted by atomic mass is 9.99. The first-order valence-electron chi connectivity index (χ1n) is 8.48. The Hall–Kier alpha value is -4.56. The summed E-state index contributed by atoms with van der Waals surface area (Å²) in [5.41, 5.74) is 5.30. The minimum absolute atomic E-state index is 0.0964. The van der Waals surface area contributed by atoms with Crippen molar-refractivity contribution in [2.75, 3.05) is 5.73 Å². The third kappa shape index (κ3) is 3.92. The second-order valence-electron chi connectivity index (χ2n) is 5.93. The largest absolute Gasteiger partial charge is 0.396 e. The number of nitrogens with zero attached hydrogens (tertiary/aromatic N) is 4. The molecule has 0 aliphatic rings. The fourth-order valence-corrected chi connectivity index (χ4v) is 2.67. The first-order valence-corrected chi connectivity index (χ1v) is 8.48. The van der Waals surface area contributed by atoms with E-state index in [1.54, 1.807) is 72.8 Å². The Morgan fingerprint density at radius 1 is 0.966 bits per heavy atom. The Bertz CT molecular complexity index is 1200. The Balaban J connectivity index is 2.22. The van der Waals surface area contributed by atoms with Gasteiger partial charge in [-0.25, -0.2) is 0 Å². The number of aromatic amines is 1. The van der Waals surface area contributed by atoms with Crippen molar-refractivity contribution in [3.63, 3.8) is 0 Å². The van der Waals surface area contributed by atoms with Crippen molar-refractivity contribution in [1.82, 2.24) is 4.98 Å². The molecule has 0 bridgehead atoms. The smallest absolute Gasteiger partial charge is 0.261 e. The van der Waals surface area contributed by atoms with E-state index in [0.717, 1.165) is 0 Å².